The van der Waals surface area contributed by atoms with Crippen LogP contribution in [-0.4, -0.2) is 30.3 Å². The number of nitrogens with one attached hydrogen (secondary N) is 1. The fourth-order valence-electron chi connectivity index (χ4n) is 1.37. The van der Waals surface area contributed by atoms with Crippen molar-refractivity contribution in [1.82, 2.24) is 0 Å². The molecule has 116 valence electrons. The first-order valence-corrected chi connectivity index (χ1v) is 6.25. The van der Waals surface area contributed by atoms with Gasteiger partial charge in [0, 0.05) is 12.1 Å². The predicted octanol–water partition coefficient (Wildman–Crippen LogP) is 2.11. The lowest BCUT2D eigenvalue weighted by atomic mass is 10.2. The molecular weight excluding hydrogens is 316 g/mol. The number of rotatable bonds is 6. The number of benzene rings is 1. The first kappa shape index (κ1) is 17.2. The Morgan fingerprint density at radius 2 is 2.27 bits per heavy atom. The highest BCUT2D eigenvalue weighted by Crippen LogP contribution is 2.35. The van der Waals surface area contributed by atoms with Crippen LogP contribution in [0.15, 0.2) is 17.2 Å². The van der Waals surface area contributed by atoms with Gasteiger partial charge in [-0.05, 0) is 6.92 Å². The number of esters is 1. The van der Waals surface area contributed by atoms with Gasteiger partial charge >= 0.3 is 11.7 Å². The SMILES string of the molecule is CCOC(=O)/C(C#N)=N\Nc1cc(OC)c([N+](=O)[O-])cc1Cl. The molecule has 0 bridgehead atoms. The number of nitriles is 1. The van der Waals surface area contributed by atoms with Crippen molar-refractivity contribution in [3.63, 3.8) is 0 Å². The van der Waals surface area contributed by atoms with Crippen molar-refractivity contribution in [3.05, 3.63) is 27.3 Å². The zero-order chi connectivity index (χ0) is 16.7. The summed E-state index contributed by atoms with van der Waals surface area (Å²) in [5.74, 6) is -0.954. The van der Waals surface area contributed by atoms with E-state index in [9.17, 15) is 14.9 Å². The minimum absolute atomic E-state index is 0.0302. The highest BCUT2D eigenvalue weighted by Gasteiger charge is 2.19. The molecule has 0 amide bonds. The Balaban J connectivity index is 3.11. The second-order valence-electron chi connectivity index (χ2n) is 3.67. The first-order valence-electron chi connectivity index (χ1n) is 5.87. The summed E-state index contributed by atoms with van der Waals surface area (Å²) in [6, 6.07) is 3.86. The van der Waals surface area contributed by atoms with Crippen LogP contribution in [0.1, 0.15) is 6.92 Å². The number of hydrogen-bond acceptors (Lipinski definition) is 8. The molecule has 0 aromatic heterocycles. The van der Waals surface area contributed by atoms with Crippen molar-refractivity contribution in [2.24, 2.45) is 5.10 Å². The van der Waals surface area contributed by atoms with Crippen molar-refractivity contribution in [2.75, 3.05) is 19.1 Å². The van der Waals surface area contributed by atoms with E-state index in [0.717, 1.165) is 6.07 Å². The molecule has 0 fully saturated rings. The van der Waals surface area contributed by atoms with Crippen molar-refractivity contribution >= 4 is 34.7 Å². The molecule has 0 saturated carbocycles. The van der Waals surface area contributed by atoms with E-state index in [1.807, 2.05) is 0 Å². The van der Waals surface area contributed by atoms with Crippen LogP contribution in [0.25, 0.3) is 0 Å². The van der Waals surface area contributed by atoms with Gasteiger partial charge in [-0.3, -0.25) is 15.5 Å². The minimum atomic E-state index is -0.900. The number of anilines is 1. The average molecular weight is 327 g/mol. The van der Waals surface area contributed by atoms with Crippen molar-refractivity contribution in [1.29, 1.82) is 5.26 Å². The largest absolute Gasteiger partial charge is 0.490 e. The van der Waals surface area contributed by atoms with E-state index in [-0.39, 0.29) is 28.8 Å². The summed E-state index contributed by atoms with van der Waals surface area (Å²) in [6.45, 7) is 1.67. The summed E-state index contributed by atoms with van der Waals surface area (Å²) >= 11 is 5.88. The van der Waals surface area contributed by atoms with E-state index in [4.69, 9.17) is 21.6 Å². The highest BCUT2D eigenvalue weighted by atomic mass is 35.5. The maximum Gasteiger partial charge on any atom is 0.369 e. The van der Waals surface area contributed by atoms with Crippen molar-refractivity contribution in [3.8, 4) is 11.8 Å². The zero-order valence-corrected chi connectivity index (χ0v) is 12.4. The van der Waals surface area contributed by atoms with E-state index in [1.165, 1.54) is 13.2 Å². The molecule has 1 N–H and O–H groups in total. The predicted molar refractivity (Wildman–Crippen MR) is 78.0 cm³/mol. The fourth-order valence-corrected chi connectivity index (χ4v) is 1.57. The van der Waals surface area contributed by atoms with Gasteiger partial charge in [-0.25, -0.2) is 4.79 Å². The van der Waals surface area contributed by atoms with Gasteiger partial charge in [0.15, 0.2) is 5.75 Å². The number of carbonyl (C=O) groups is 1. The standard InChI is InChI=1S/C12H11ClN4O5/c1-3-22-12(18)9(6-14)16-15-8-5-11(21-2)10(17(19)20)4-7(8)13/h4-5,15H,3H2,1-2H3/b16-9-. The number of carbonyl (C=O) groups excluding carboxylic acids is 1. The van der Waals surface area contributed by atoms with Crippen molar-refractivity contribution < 1.29 is 19.2 Å². The number of hydrazone groups is 1. The molecule has 0 aliphatic heterocycles. The van der Waals surface area contributed by atoms with Crippen LogP contribution in [0.3, 0.4) is 0 Å². The quantitative estimate of drug-likeness (QED) is 0.367. The Kier molecular flexibility index (Phi) is 6.09. The third kappa shape index (κ3) is 4.07. The molecule has 0 atom stereocenters. The van der Waals surface area contributed by atoms with Crippen LogP contribution in [0, 0.1) is 21.4 Å². The second-order valence-corrected chi connectivity index (χ2v) is 4.07. The number of ether oxygens (including phenoxy) is 2. The smallest absolute Gasteiger partial charge is 0.369 e. The van der Waals surface area contributed by atoms with Gasteiger partial charge in [0.25, 0.3) is 0 Å². The van der Waals surface area contributed by atoms with Gasteiger partial charge in [0.1, 0.15) is 6.07 Å². The molecule has 0 aliphatic carbocycles. The Labute approximate surface area is 130 Å². The Hall–Kier alpha value is -2.86. The topological polar surface area (TPSA) is 127 Å². The highest BCUT2D eigenvalue weighted by molar-refractivity contribution is 6.43. The number of hydrogen-bond donors (Lipinski definition) is 1. The van der Waals surface area contributed by atoms with E-state index in [2.05, 4.69) is 15.3 Å². The molecule has 9 nitrogen and oxygen atoms in total. The summed E-state index contributed by atoms with van der Waals surface area (Å²) in [6.07, 6.45) is 0. The molecule has 0 aliphatic rings. The number of methoxy groups -OCH3 is 1. The Bertz CT molecular complexity index is 668. The van der Waals surface area contributed by atoms with Gasteiger partial charge in [0.05, 0.1) is 29.4 Å². The van der Waals surface area contributed by atoms with Crippen LogP contribution >= 0.6 is 11.6 Å². The average Bonchev–Trinajstić information content (AvgIpc) is 2.48. The maximum atomic E-state index is 11.4. The molecule has 0 unspecified atom stereocenters. The lowest BCUT2D eigenvalue weighted by Gasteiger charge is -2.07. The lowest BCUT2D eigenvalue weighted by molar-refractivity contribution is -0.385. The van der Waals surface area contributed by atoms with Gasteiger partial charge < -0.3 is 9.47 Å². The number of nitro benzene ring substituents is 1. The summed E-state index contributed by atoms with van der Waals surface area (Å²) in [7, 11) is 1.25. The van der Waals surface area contributed by atoms with Gasteiger partial charge in [-0.1, -0.05) is 11.6 Å². The van der Waals surface area contributed by atoms with Crippen molar-refractivity contribution in [2.45, 2.75) is 6.92 Å². The molecule has 1 rings (SSSR count). The van der Waals surface area contributed by atoms with Crippen LogP contribution in [-0.2, 0) is 9.53 Å². The third-order valence-corrected chi connectivity index (χ3v) is 2.64. The minimum Gasteiger partial charge on any atom is -0.490 e. The van der Waals surface area contributed by atoms with E-state index < -0.39 is 16.6 Å². The number of nitro groups is 1. The summed E-state index contributed by atoms with van der Waals surface area (Å²) < 4.78 is 9.51. The van der Waals surface area contributed by atoms with Gasteiger partial charge in [-0.15, -0.1) is 0 Å². The van der Waals surface area contributed by atoms with Gasteiger partial charge in [0.2, 0.25) is 5.71 Å². The van der Waals surface area contributed by atoms with E-state index in [0.29, 0.717) is 0 Å². The van der Waals surface area contributed by atoms with Crippen LogP contribution in [0.5, 0.6) is 5.75 Å². The van der Waals surface area contributed by atoms with E-state index >= 15 is 0 Å². The summed E-state index contributed by atoms with van der Waals surface area (Å²) in [4.78, 5) is 21.6. The van der Waals surface area contributed by atoms with Gasteiger partial charge in [-0.2, -0.15) is 10.4 Å². The zero-order valence-electron chi connectivity index (χ0n) is 11.6. The Morgan fingerprint density at radius 3 is 2.77 bits per heavy atom. The summed E-state index contributed by atoms with van der Waals surface area (Å²) in [5, 5.41) is 23.2. The second kappa shape index (κ2) is 7.80. The molecule has 1 aromatic carbocycles. The third-order valence-electron chi connectivity index (χ3n) is 2.33. The molecule has 22 heavy (non-hydrogen) atoms. The fraction of sp³-hybridized carbons (Fsp3) is 0.250. The van der Waals surface area contributed by atoms with Crippen LogP contribution in [0.4, 0.5) is 11.4 Å². The normalized spacial score (nSPS) is 10.5. The molecule has 10 heteroatoms. The molecule has 1 aromatic rings. The van der Waals surface area contributed by atoms with Crippen LogP contribution in [0.2, 0.25) is 5.02 Å². The molecular formula is C12H11ClN4O5. The number of nitrogens with zero attached hydrogens (tertiary/aromatic N) is 3. The molecule has 0 saturated heterocycles. The Morgan fingerprint density at radius 1 is 1.59 bits per heavy atom. The first-order chi connectivity index (χ1) is 10.4. The monoisotopic (exact) mass is 326 g/mol. The summed E-state index contributed by atoms with van der Waals surface area (Å²) in [5.41, 5.74) is 1.66. The maximum absolute atomic E-state index is 11.4. The van der Waals surface area contributed by atoms with Crippen LogP contribution < -0.4 is 10.2 Å². The molecule has 0 radical (unpaired) electrons. The lowest BCUT2D eigenvalue weighted by Crippen LogP contribution is -2.17. The van der Waals surface area contributed by atoms with E-state index in [1.54, 1.807) is 13.0 Å². The number of halogens is 1. The molecule has 0 spiro atoms. The molecule has 0 heterocycles.